The predicted octanol–water partition coefficient (Wildman–Crippen LogP) is 4.73. The Labute approximate surface area is 137 Å². The number of nitrogens with zero attached hydrogens (tertiary/aromatic N) is 1. The van der Waals surface area contributed by atoms with Gasteiger partial charge in [-0.1, -0.05) is 12.1 Å². The molecule has 0 saturated heterocycles. The van der Waals surface area contributed by atoms with Gasteiger partial charge in [-0.15, -0.1) is 11.3 Å². The molecular formula is C17H17FN2S2. The zero-order chi connectivity index (χ0) is 15.4. The van der Waals surface area contributed by atoms with E-state index in [0.29, 0.717) is 6.54 Å². The Morgan fingerprint density at radius 2 is 2.14 bits per heavy atom. The Bertz CT molecular complexity index is 722. The van der Waals surface area contributed by atoms with Crippen LogP contribution in [0.25, 0.3) is 0 Å². The van der Waals surface area contributed by atoms with Gasteiger partial charge in [-0.2, -0.15) is 11.3 Å². The normalized spacial score (nSPS) is 12.5. The zero-order valence-corrected chi connectivity index (χ0v) is 13.9. The molecule has 5 heteroatoms. The lowest BCUT2D eigenvalue weighted by Crippen LogP contribution is -2.22. The van der Waals surface area contributed by atoms with E-state index in [1.54, 1.807) is 34.8 Å². The fourth-order valence-corrected chi connectivity index (χ4v) is 3.86. The summed E-state index contributed by atoms with van der Waals surface area (Å²) >= 11 is 3.38. The standard InChI is InChI=1S/C17H17FN2S2/c1-12-10-22-17(20-12)16(8-14-5-6-21-11-14)19-9-13-3-2-4-15(18)7-13/h2-7,10-11,16,19H,8-9H2,1H3. The molecule has 0 radical (unpaired) electrons. The molecule has 3 aromatic rings. The summed E-state index contributed by atoms with van der Waals surface area (Å²) in [4.78, 5) is 4.61. The lowest BCUT2D eigenvalue weighted by Gasteiger charge is -2.16. The van der Waals surface area contributed by atoms with Gasteiger partial charge >= 0.3 is 0 Å². The van der Waals surface area contributed by atoms with Crippen LogP contribution in [0.15, 0.2) is 46.5 Å². The van der Waals surface area contributed by atoms with Crippen LogP contribution in [0, 0.1) is 12.7 Å². The summed E-state index contributed by atoms with van der Waals surface area (Å²) in [7, 11) is 0. The molecule has 0 fully saturated rings. The van der Waals surface area contributed by atoms with Gasteiger partial charge in [0.15, 0.2) is 0 Å². The first kappa shape index (κ1) is 15.3. The third-order valence-corrected chi connectivity index (χ3v) is 5.20. The first-order valence-corrected chi connectivity index (χ1v) is 8.94. The van der Waals surface area contributed by atoms with Crippen LogP contribution in [0.4, 0.5) is 4.39 Å². The summed E-state index contributed by atoms with van der Waals surface area (Å²) < 4.78 is 13.3. The molecule has 1 N–H and O–H groups in total. The number of hydrogen-bond acceptors (Lipinski definition) is 4. The molecule has 2 nitrogen and oxygen atoms in total. The van der Waals surface area contributed by atoms with Gasteiger partial charge in [0.05, 0.1) is 6.04 Å². The van der Waals surface area contributed by atoms with Gasteiger partial charge in [-0.25, -0.2) is 9.37 Å². The highest BCUT2D eigenvalue weighted by Crippen LogP contribution is 2.23. The second kappa shape index (κ2) is 7.13. The molecule has 0 aliphatic carbocycles. The van der Waals surface area contributed by atoms with Crippen LogP contribution in [0.1, 0.15) is 27.9 Å². The third kappa shape index (κ3) is 4.00. The number of hydrogen-bond donors (Lipinski definition) is 1. The van der Waals surface area contributed by atoms with Crippen molar-refractivity contribution in [3.05, 3.63) is 74.1 Å². The van der Waals surface area contributed by atoms with Gasteiger partial charge in [-0.05, 0) is 53.4 Å². The quantitative estimate of drug-likeness (QED) is 0.706. The van der Waals surface area contributed by atoms with Crippen molar-refractivity contribution in [3.63, 3.8) is 0 Å². The van der Waals surface area contributed by atoms with Gasteiger partial charge in [0.1, 0.15) is 10.8 Å². The molecule has 2 aromatic heterocycles. The van der Waals surface area contributed by atoms with Gasteiger partial charge < -0.3 is 5.32 Å². The Hall–Kier alpha value is -1.56. The molecule has 0 bridgehead atoms. The Morgan fingerprint density at radius 1 is 1.23 bits per heavy atom. The summed E-state index contributed by atoms with van der Waals surface area (Å²) in [5, 5.41) is 10.9. The molecule has 1 aromatic carbocycles. The number of rotatable bonds is 6. The van der Waals surface area contributed by atoms with E-state index in [1.165, 1.54) is 11.6 Å². The summed E-state index contributed by atoms with van der Waals surface area (Å²) in [6, 6.07) is 9.01. The third-order valence-electron chi connectivity index (χ3n) is 3.40. The summed E-state index contributed by atoms with van der Waals surface area (Å²) in [5.41, 5.74) is 3.29. The van der Waals surface area contributed by atoms with Crippen molar-refractivity contribution < 1.29 is 4.39 Å². The zero-order valence-electron chi connectivity index (χ0n) is 12.3. The van der Waals surface area contributed by atoms with E-state index in [4.69, 9.17) is 0 Å². The molecular weight excluding hydrogens is 315 g/mol. The molecule has 0 aliphatic rings. The molecule has 3 rings (SSSR count). The number of aryl methyl sites for hydroxylation is 1. The van der Waals surface area contributed by atoms with E-state index in [9.17, 15) is 4.39 Å². The van der Waals surface area contributed by atoms with Gasteiger partial charge in [0.25, 0.3) is 0 Å². The lowest BCUT2D eigenvalue weighted by atomic mass is 10.1. The molecule has 0 spiro atoms. The summed E-state index contributed by atoms with van der Waals surface area (Å²) in [6.07, 6.45) is 0.895. The summed E-state index contributed by atoms with van der Waals surface area (Å²) in [6.45, 7) is 2.64. The van der Waals surface area contributed by atoms with Crippen molar-refractivity contribution in [3.8, 4) is 0 Å². The number of thiophene rings is 1. The Morgan fingerprint density at radius 3 is 2.82 bits per heavy atom. The first-order valence-electron chi connectivity index (χ1n) is 7.11. The van der Waals surface area contributed by atoms with E-state index >= 15 is 0 Å². The fraction of sp³-hybridized carbons (Fsp3) is 0.235. The van der Waals surface area contributed by atoms with Crippen LogP contribution in [0.2, 0.25) is 0 Å². The van der Waals surface area contributed by atoms with Gasteiger partial charge in [-0.3, -0.25) is 0 Å². The Balaban J connectivity index is 1.73. The first-order chi connectivity index (χ1) is 10.7. The van der Waals surface area contributed by atoms with E-state index in [2.05, 4.69) is 32.5 Å². The molecule has 0 aliphatic heterocycles. The van der Waals surface area contributed by atoms with Crippen molar-refractivity contribution in [1.29, 1.82) is 0 Å². The average molecular weight is 332 g/mol. The molecule has 0 saturated carbocycles. The lowest BCUT2D eigenvalue weighted by molar-refractivity contribution is 0.525. The number of aromatic nitrogens is 1. The largest absolute Gasteiger partial charge is 0.304 e. The topological polar surface area (TPSA) is 24.9 Å². The molecule has 1 atom stereocenters. The van der Waals surface area contributed by atoms with Crippen molar-refractivity contribution in [2.45, 2.75) is 25.9 Å². The molecule has 22 heavy (non-hydrogen) atoms. The van der Waals surface area contributed by atoms with Gasteiger partial charge in [0, 0.05) is 17.6 Å². The maximum Gasteiger partial charge on any atom is 0.123 e. The predicted molar refractivity (Wildman–Crippen MR) is 90.9 cm³/mol. The average Bonchev–Trinajstić information content (AvgIpc) is 3.15. The smallest absolute Gasteiger partial charge is 0.123 e. The highest BCUT2D eigenvalue weighted by Gasteiger charge is 2.16. The number of halogens is 1. The van der Waals surface area contributed by atoms with Crippen LogP contribution >= 0.6 is 22.7 Å². The summed E-state index contributed by atoms with van der Waals surface area (Å²) in [5.74, 6) is -0.196. The maximum absolute atomic E-state index is 13.3. The highest BCUT2D eigenvalue weighted by atomic mass is 32.1. The van der Waals surface area contributed by atoms with Crippen molar-refractivity contribution in [2.24, 2.45) is 0 Å². The second-order valence-electron chi connectivity index (χ2n) is 5.23. The minimum absolute atomic E-state index is 0.150. The van der Waals surface area contributed by atoms with E-state index in [1.807, 2.05) is 13.0 Å². The maximum atomic E-state index is 13.3. The van der Waals surface area contributed by atoms with E-state index in [0.717, 1.165) is 22.7 Å². The van der Waals surface area contributed by atoms with Crippen molar-refractivity contribution in [1.82, 2.24) is 10.3 Å². The molecule has 0 amide bonds. The minimum Gasteiger partial charge on any atom is -0.304 e. The molecule has 2 heterocycles. The number of benzene rings is 1. The van der Waals surface area contributed by atoms with Crippen LogP contribution in [0.3, 0.4) is 0 Å². The highest BCUT2D eigenvalue weighted by molar-refractivity contribution is 7.09. The van der Waals surface area contributed by atoms with Gasteiger partial charge in [0.2, 0.25) is 0 Å². The van der Waals surface area contributed by atoms with Crippen molar-refractivity contribution in [2.75, 3.05) is 0 Å². The van der Waals surface area contributed by atoms with Crippen LogP contribution in [0.5, 0.6) is 0 Å². The van der Waals surface area contributed by atoms with Crippen molar-refractivity contribution >= 4 is 22.7 Å². The van der Waals surface area contributed by atoms with E-state index in [-0.39, 0.29) is 11.9 Å². The number of thiazole rings is 1. The minimum atomic E-state index is -0.196. The molecule has 1 unspecified atom stereocenters. The van der Waals surface area contributed by atoms with Crippen LogP contribution in [-0.2, 0) is 13.0 Å². The van der Waals surface area contributed by atoms with Crippen LogP contribution < -0.4 is 5.32 Å². The second-order valence-corrected chi connectivity index (χ2v) is 6.90. The molecule has 114 valence electrons. The Kier molecular flexibility index (Phi) is 4.97. The van der Waals surface area contributed by atoms with E-state index < -0.39 is 0 Å². The van der Waals surface area contributed by atoms with Crippen LogP contribution in [-0.4, -0.2) is 4.98 Å². The fourth-order valence-electron chi connectivity index (χ4n) is 2.31. The number of nitrogens with one attached hydrogen (secondary N) is 1. The monoisotopic (exact) mass is 332 g/mol. The SMILES string of the molecule is Cc1csc(C(Cc2ccsc2)NCc2cccc(F)c2)n1.